The summed E-state index contributed by atoms with van der Waals surface area (Å²) in [4.78, 5) is 43.9. The van der Waals surface area contributed by atoms with Crippen LogP contribution in [0.15, 0.2) is 12.7 Å². The normalized spacial score (nSPS) is 32.1. The number of aliphatic hydroxyl groups excluding tert-OH is 1. The zero-order valence-electron chi connectivity index (χ0n) is 18.9. The number of ether oxygens (including phenoxy) is 1. The average Bonchev–Trinajstić information content (AvgIpc) is 3.37. The predicted molar refractivity (Wildman–Crippen MR) is 120 cm³/mol. The molecule has 3 heterocycles. The van der Waals surface area contributed by atoms with Crippen LogP contribution in [-0.2, 0) is 19.1 Å². The van der Waals surface area contributed by atoms with Crippen LogP contribution in [-0.4, -0.2) is 81.1 Å². The lowest BCUT2D eigenvalue weighted by molar-refractivity contribution is -0.153. The quantitative estimate of drug-likeness (QED) is 0.382. The smallest absolute Gasteiger partial charge is 0.310 e. The SMILES string of the molecule is C=CCN(C(=O)C1N(CCCO)C(=O)[C@@H]2[C@H](C(=O)OCC)[C@@H]3CCC12S3)C(C)CCC. The fourth-order valence-electron chi connectivity index (χ4n) is 5.78. The molecule has 3 saturated heterocycles. The number of nitrogens with zero attached hydrogens (tertiary/aromatic N) is 2. The molecule has 0 saturated carbocycles. The molecule has 8 heteroatoms. The Kier molecular flexibility index (Phi) is 7.73. The zero-order valence-corrected chi connectivity index (χ0v) is 19.7. The van der Waals surface area contributed by atoms with Gasteiger partial charge in [-0.2, -0.15) is 0 Å². The van der Waals surface area contributed by atoms with Crippen molar-refractivity contribution < 1.29 is 24.2 Å². The molecule has 0 aromatic rings. The zero-order chi connectivity index (χ0) is 22.8. The van der Waals surface area contributed by atoms with Gasteiger partial charge in [0.15, 0.2) is 0 Å². The molecule has 3 aliphatic rings. The van der Waals surface area contributed by atoms with E-state index in [0.29, 0.717) is 19.5 Å². The van der Waals surface area contributed by atoms with Gasteiger partial charge in [0.05, 0.1) is 23.2 Å². The number of carbonyl (C=O) groups is 3. The van der Waals surface area contributed by atoms with Gasteiger partial charge in [0.1, 0.15) is 6.04 Å². The average molecular weight is 453 g/mol. The van der Waals surface area contributed by atoms with Gasteiger partial charge < -0.3 is 19.6 Å². The standard InChI is InChI=1S/C23H36N2O5S/c1-5-9-15(4)24(12-6-2)21(28)19-23-11-10-16(31-23)17(22(29)30-7-3)18(23)20(27)25(19)13-8-14-26/h6,15-19,26H,2,5,7-14H2,1,3-4H3/t15?,16-,17+,18-,19?,23?/m0/s1. The molecule has 0 aromatic carbocycles. The highest BCUT2D eigenvalue weighted by Gasteiger charge is 2.74. The Morgan fingerprint density at radius 2 is 2.19 bits per heavy atom. The van der Waals surface area contributed by atoms with E-state index in [-0.39, 0.29) is 42.3 Å². The van der Waals surface area contributed by atoms with Crippen LogP contribution in [0.1, 0.15) is 52.9 Å². The lowest BCUT2D eigenvalue weighted by Crippen LogP contribution is -2.56. The molecule has 3 unspecified atom stereocenters. The molecule has 7 nitrogen and oxygen atoms in total. The van der Waals surface area contributed by atoms with Crippen molar-refractivity contribution in [1.82, 2.24) is 9.80 Å². The fourth-order valence-corrected chi connectivity index (χ4v) is 7.98. The highest BCUT2D eigenvalue weighted by atomic mass is 32.2. The third kappa shape index (κ3) is 4.01. The van der Waals surface area contributed by atoms with Crippen LogP contribution in [0.3, 0.4) is 0 Å². The van der Waals surface area contributed by atoms with Crippen LogP contribution in [0.5, 0.6) is 0 Å². The maximum atomic E-state index is 14.0. The van der Waals surface area contributed by atoms with E-state index < -0.39 is 22.6 Å². The fraction of sp³-hybridized carbons (Fsp3) is 0.783. The van der Waals surface area contributed by atoms with Gasteiger partial charge >= 0.3 is 5.97 Å². The van der Waals surface area contributed by atoms with Gasteiger partial charge in [-0.15, -0.1) is 18.3 Å². The number of hydrogen-bond acceptors (Lipinski definition) is 6. The van der Waals surface area contributed by atoms with Crippen molar-refractivity contribution in [3.63, 3.8) is 0 Å². The summed E-state index contributed by atoms with van der Waals surface area (Å²) in [5.74, 6) is -1.55. The highest BCUT2D eigenvalue weighted by Crippen LogP contribution is 2.66. The number of rotatable bonds is 11. The lowest BCUT2D eigenvalue weighted by atomic mass is 9.71. The number of esters is 1. The number of aliphatic hydroxyl groups is 1. The molecule has 0 aromatic heterocycles. The van der Waals surface area contributed by atoms with Crippen molar-refractivity contribution in [2.45, 2.75) is 75.0 Å². The van der Waals surface area contributed by atoms with Crippen molar-refractivity contribution in [2.75, 3.05) is 26.3 Å². The Labute approximate surface area is 189 Å². The second-order valence-electron chi connectivity index (χ2n) is 8.83. The van der Waals surface area contributed by atoms with Crippen LogP contribution < -0.4 is 0 Å². The number of hydrogen-bond donors (Lipinski definition) is 1. The maximum Gasteiger partial charge on any atom is 0.310 e. The third-order valence-electron chi connectivity index (χ3n) is 7.00. The minimum atomic E-state index is -0.620. The number of amides is 2. The Morgan fingerprint density at radius 3 is 2.81 bits per heavy atom. The van der Waals surface area contributed by atoms with E-state index in [1.807, 2.05) is 11.8 Å². The van der Waals surface area contributed by atoms with E-state index in [0.717, 1.165) is 25.7 Å². The van der Waals surface area contributed by atoms with Gasteiger partial charge in [0.2, 0.25) is 11.8 Å². The van der Waals surface area contributed by atoms with E-state index in [9.17, 15) is 19.5 Å². The van der Waals surface area contributed by atoms with Gasteiger partial charge in [-0.1, -0.05) is 19.4 Å². The summed E-state index contributed by atoms with van der Waals surface area (Å²) < 4.78 is 4.73. The first-order chi connectivity index (χ1) is 14.9. The molecule has 1 N–H and O–H groups in total. The summed E-state index contributed by atoms with van der Waals surface area (Å²) in [6, 6.07) is -0.588. The molecule has 3 rings (SSSR count). The summed E-state index contributed by atoms with van der Waals surface area (Å²) in [5, 5.41) is 9.42. The van der Waals surface area contributed by atoms with Crippen molar-refractivity contribution in [2.24, 2.45) is 11.8 Å². The Morgan fingerprint density at radius 1 is 1.45 bits per heavy atom. The third-order valence-corrected chi connectivity index (χ3v) is 8.95. The number of fused-ring (bicyclic) bond motifs is 1. The number of thioether (sulfide) groups is 1. The van der Waals surface area contributed by atoms with Crippen molar-refractivity contribution in [3.05, 3.63) is 12.7 Å². The van der Waals surface area contributed by atoms with E-state index in [2.05, 4.69) is 13.5 Å². The molecular formula is C23H36N2O5S. The van der Waals surface area contributed by atoms with E-state index in [1.54, 1.807) is 29.7 Å². The van der Waals surface area contributed by atoms with E-state index in [1.165, 1.54) is 0 Å². The van der Waals surface area contributed by atoms with Crippen LogP contribution in [0, 0.1) is 11.8 Å². The van der Waals surface area contributed by atoms with Crippen LogP contribution in [0.4, 0.5) is 0 Å². The molecule has 6 atom stereocenters. The summed E-state index contributed by atoms with van der Waals surface area (Å²) >= 11 is 1.65. The first-order valence-electron chi connectivity index (χ1n) is 11.5. The monoisotopic (exact) mass is 452 g/mol. The molecule has 174 valence electrons. The second-order valence-corrected chi connectivity index (χ2v) is 10.4. The van der Waals surface area contributed by atoms with Crippen molar-refractivity contribution in [1.29, 1.82) is 0 Å². The van der Waals surface area contributed by atoms with Gasteiger partial charge in [0.25, 0.3) is 0 Å². The molecule has 0 radical (unpaired) electrons. The molecule has 2 amide bonds. The van der Waals surface area contributed by atoms with Gasteiger partial charge in [-0.25, -0.2) is 0 Å². The van der Waals surface area contributed by atoms with Crippen molar-refractivity contribution >= 4 is 29.5 Å². The second kappa shape index (κ2) is 9.94. The Balaban J connectivity index is 2.00. The van der Waals surface area contributed by atoms with Gasteiger partial charge in [0, 0.05) is 31.0 Å². The van der Waals surface area contributed by atoms with Gasteiger partial charge in [-0.05, 0) is 39.5 Å². The van der Waals surface area contributed by atoms with Crippen LogP contribution >= 0.6 is 11.8 Å². The molecule has 31 heavy (non-hydrogen) atoms. The lowest BCUT2D eigenvalue weighted by Gasteiger charge is -2.39. The minimum Gasteiger partial charge on any atom is -0.466 e. The molecule has 0 aliphatic carbocycles. The predicted octanol–water partition coefficient (Wildman–Crippen LogP) is 2.23. The Hall–Kier alpha value is -1.54. The Bertz CT molecular complexity index is 716. The first-order valence-corrected chi connectivity index (χ1v) is 12.4. The van der Waals surface area contributed by atoms with Crippen LogP contribution in [0.2, 0.25) is 0 Å². The van der Waals surface area contributed by atoms with Crippen LogP contribution in [0.25, 0.3) is 0 Å². The molecular weight excluding hydrogens is 416 g/mol. The largest absolute Gasteiger partial charge is 0.466 e. The van der Waals surface area contributed by atoms with E-state index >= 15 is 0 Å². The summed E-state index contributed by atoms with van der Waals surface area (Å²) in [7, 11) is 0. The van der Waals surface area contributed by atoms with Crippen molar-refractivity contribution in [3.8, 4) is 0 Å². The number of carbonyl (C=O) groups excluding carboxylic acids is 3. The molecule has 3 fully saturated rings. The van der Waals surface area contributed by atoms with Gasteiger partial charge in [-0.3, -0.25) is 14.4 Å². The first kappa shape index (κ1) is 24.1. The molecule has 1 spiro atoms. The topological polar surface area (TPSA) is 87.2 Å². The summed E-state index contributed by atoms with van der Waals surface area (Å²) in [5.41, 5.74) is 0. The van der Waals surface area contributed by atoms with E-state index in [4.69, 9.17) is 4.74 Å². The summed E-state index contributed by atoms with van der Waals surface area (Å²) in [6.07, 6.45) is 5.51. The highest BCUT2D eigenvalue weighted by molar-refractivity contribution is 8.02. The molecule has 2 bridgehead atoms. The number of likely N-dealkylation sites (tertiary alicyclic amines) is 1. The minimum absolute atomic E-state index is 0.0178. The summed E-state index contributed by atoms with van der Waals surface area (Å²) in [6.45, 7) is 10.7. The maximum absolute atomic E-state index is 14.0. The molecule has 3 aliphatic heterocycles.